The average molecular weight is 197 g/mol. The van der Waals surface area contributed by atoms with E-state index in [9.17, 15) is 0 Å². The van der Waals surface area contributed by atoms with Gasteiger partial charge in [0.2, 0.25) is 0 Å². The van der Waals surface area contributed by atoms with Gasteiger partial charge in [-0.25, -0.2) is 0 Å². The summed E-state index contributed by atoms with van der Waals surface area (Å²) in [5.74, 6) is 0.622. The third-order valence-corrected chi connectivity index (χ3v) is 3.35. The van der Waals surface area contributed by atoms with Crippen molar-refractivity contribution in [2.75, 3.05) is 6.61 Å². The zero-order valence-corrected chi connectivity index (χ0v) is 8.83. The molecule has 80 valence electrons. The van der Waals surface area contributed by atoms with Crippen LogP contribution in [0.25, 0.3) is 0 Å². The highest BCUT2D eigenvalue weighted by molar-refractivity contribution is 5.88. The number of aliphatic hydroxyl groups is 1. The van der Waals surface area contributed by atoms with Gasteiger partial charge in [-0.05, 0) is 19.8 Å². The maximum atomic E-state index is 9.14. The maximum absolute atomic E-state index is 9.14. The first-order valence-corrected chi connectivity index (χ1v) is 5.59. The molecule has 3 nitrogen and oxygen atoms in total. The number of hydrogen-bond acceptors (Lipinski definition) is 3. The van der Waals surface area contributed by atoms with E-state index in [1.54, 1.807) is 0 Å². The number of nitrogens with zero attached hydrogens (tertiary/aromatic N) is 1. The second kappa shape index (κ2) is 3.89. The molecule has 2 rings (SSSR count). The van der Waals surface area contributed by atoms with Crippen molar-refractivity contribution in [3.63, 3.8) is 0 Å². The van der Waals surface area contributed by atoms with Gasteiger partial charge in [0.15, 0.2) is 5.60 Å². The third-order valence-electron chi connectivity index (χ3n) is 3.35. The number of rotatable bonds is 2. The largest absolute Gasteiger partial charge is 0.392 e. The summed E-state index contributed by atoms with van der Waals surface area (Å²) in [5, 5.41) is 13.3. The van der Waals surface area contributed by atoms with E-state index in [-0.39, 0.29) is 6.61 Å². The van der Waals surface area contributed by atoms with E-state index >= 15 is 0 Å². The van der Waals surface area contributed by atoms with E-state index in [4.69, 9.17) is 9.94 Å². The summed E-state index contributed by atoms with van der Waals surface area (Å²) in [4.78, 5) is 5.29. The normalized spacial score (nSPS) is 34.0. The summed E-state index contributed by atoms with van der Waals surface area (Å²) in [5.41, 5.74) is 0.744. The monoisotopic (exact) mass is 197 g/mol. The summed E-state index contributed by atoms with van der Waals surface area (Å²) < 4.78 is 0. The minimum absolute atomic E-state index is 0.0622. The van der Waals surface area contributed by atoms with Crippen LogP contribution < -0.4 is 0 Å². The molecule has 14 heavy (non-hydrogen) atoms. The van der Waals surface area contributed by atoms with Gasteiger partial charge < -0.3 is 9.94 Å². The Morgan fingerprint density at radius 3 is 2.71 bits per heavy atom. The molecule has 0 bridgehead atoms. The van der Waals surface area contributed by atoms with Crippen LogP contribution in [0.15, 0.2) is 5.16 Å². The van der Waals surface area contributed by atoms with Gasteiger partial charge in [0.05, 0.1) is 12.3 Å². The summed E-state index contributed by atoms with van der Waals surface area (Å²) in [6, 6.07) is 0. The Balaban J connectivity index is 1.93. The number of oxime groups is 1. The SMILES string of the molecule is CC1(CO)CC(C2CCCCC2)=NO1. The van der Waals surface area contributed by atoms with Gasteiger partial charge in [0.1, 0.15) is 0 Å². The molecule has 1 unspecified atom stereocenters. The van der Waals surface area contributed by atoms with Crippen molar-refractivity contribution in [2.45, 2.75) is 51.0 Å². The summed E-state index contributed by atoms with van der Waals surface area (Å²) in [6.45, 7) is 1.99. The highest BCUT2D eigenvalue weighted by atomic mass is 16.7. The Morgan fingerprint density at radius 2 is 2.14 bits per heavy atom. The fourth-order valence-electron chi connectivity index (χ4n) is 2.36. The average Bonchev–Trinajstić information content (AvgIpc) is 2.63. The van der Waals surface area contributed by atoms with Crippen LogP contribution in [0.1, 0.15) is 45.4 Å². The molecule has 0 aromatic heterocycles. The first kappa shape index (κ1) is 9.97. The standard InChI is InChI=1S/C11H19NO2/c1-11(8-13)7-10(12-14-11)9-5-3-2-4-6-9/h9,13H,2-8H2,1H3. The molecule has 3 heteroatoms. The molecule has 1 atom stereocenters. The van der Waals surface area contributed by atoms with Crippen molar-refractivity contribution in [3.05, 3.63) is 0 Å². The Morgan fingerprint density at radius 1 is 1.43 bits per heavy atom. The molecule has 0 radical (unpaired) electrons. The fraction of sp³-hybridized carbons (Fsp3) is 0.909. The first-order valence-electron chi connectivity index (χ1n) is 5.59. The lowest BCUT2D eigenvalue weighted by molar-refractivity contribution is -0.0428. The van der Waals surface area contributed by atoms with Gasteiger partial charge in [0.25, 0.3) is 0 Å². The molecule has 1 N–H and O–H groups in total. The maximum Gasteiger partial charge on any atom is 0.163 e. The lowest BCUT2D eigenvalue weighted by Crippen LogP contribution is -2.30. The molecule has 1 heterocycles. The highest BCUT2D eigenvalue weighted by Crippen LogP contribution is 2.32. The van der Waals surface area contributed by atoms with Crippen LogP contribution >= 0.6 is 0 Å². The molecule has 1 aliphatic carbocycles. The second-order valence-corrected chi connectivity index (χ2v) is 4.79. The van der Waals surface area contributed by atoms with E-state index in [1.165, 1.54) is 37.8 Å². The van der Waals surface area contributed by atoms with Gasteiger partial charge in [-0.15, -0.1) is 0 Å². The molecule has 2 aliphatic rings. The van der Waals surface area contributed by atoms with Crippen molar-refractivity contribution in [1.29, 1.82) is 0 Å². The smallest absolute Gasteiger partial charge is 0.163 e. The Hall–Kier alpha value is -0.570. The van der Waals surface area contributed by atoms with Gasteiger partial charge in [-0.3, -0.25) is 0 Å². The van der Waals surface area contributed by atoms with Crippen molar-refractivity contribution in [2.24, 2.45) is 11.1 Å². The third kappa shape index (κ3) is 1.92. The Kier molecular flexibility index (Phi) is 2.77. The molecule has 1 saturated carbocycles. The predicted octanol–water partition coefficient (Wildman–Crippen LogP) is 2.09. The minimum atomic E-state index is -0.438. The van der Waals surface area contributed by atoms with Crippen molar-refractivity contribution >= 4 is 5.71 Å². The van der Waals surface area contributed by atoms with E-state index in [1.807, 2.05) is 6.92 Å². The zero-order valence-electron chi connectivity index (χ0n) is 8.83. The highest BCUT2D eigenvalue weighted by Gasteiger charge is 2.36. The fourth-order valence-corrected chi connectivity index (χ4v) is 2.36. The van der Waals surface area contributed by atoms with Crippen LogP contribution in [0, 0.1) is 5.92 Å². The van der Waals surface area contributed by atoms with Gasteiger partial charge >= 0.3 is 0 Å². The van der Waals surface area contributed by atoms with Crippen LogP contribution in [-0.4, -0.2) is 23.0 Å². The van der Waals surface area contributed by atoms with Crippen LogP contribution in [0.2, 0.25) is 0 Å². The van der Waals surface area contributed by atoms with Gasteiger partial charge in [-0.2, -0.15) is 0 Å². The molecule has 0 aromatic carbocycles. The second-order valence-electron chi connectivity index (χ2n) is 4.79. The Bertz CT molecular complexity index is 233. The van der Waals surface area contributed by atoms with Crippen molar-refractivity contribution in [1.82, 2.24) is 0 Å². The molecule has 0 amide bonds. The summed E-state index contributed by atoms with van der Waals surface area (Å²) >= 11 is 0. The van der Waals surface area contributed by atoms with E-state index in [0.717, 1.165) is 6.42 Å². The van der Waals surface area contributed by atoms with Crippen LogP contribution in [0.3, 0.4) is 0 Å². The van der Waals surface area contributed by atoms with Crippen LogP contribution in [-0.2, 0) is 4.84 Å². The lowest BCUT2D eigenvalue weighted by Gasteiger charge is -2.22. The molecule has 0 spiro atoms. The molecule has 1 aliphatic heterocycles. The Labute approximate surface area is 85.1 Å². The summed E-state index contributed by atoms with van der Waals surface area (Å²) in [7, 11) is 0. The van der Waals surface area contributed by atoms with Crippen LogP contribution in [0.4, 0.5) is 0 Å². The van der Waals surface area contributed by atoms with Crippen molar-refractivity contribution in [3.8, 4) is 0 Å². The molecular weight excluding hydrogens is 178 g/mol. The lowest BCUT2D eigenvalue weighted by atomic mass is 9.82. The first-order chi connectivity index (χ1) is 6.73. The molecular formula is C11H19NO2. The number of hydrogen-bond donors (Lipinski definition) is 1. The van der Waals surface area contributed by atoms with Gasteiger partial charge in [0, 0.05) is 12.3 Å². The number of aliphatic hydroxyl groups excluding tert-OH is 1. The summed E-state index contributed by atoms with van der Waals surface area (Å²) in [6.07, 6.45) is 7.32. The van der Waals surface area contributed by atoms with E-state index in [2.05, 4.69) is 5.16 Å². The predicted molar refractivity (Wildman–Crippen MR) is 55.2 cm³/mol. The van der Waals surface area contributed by atoms with E-state index < -0.39 is 5.60 Å². The van der Waals surface area contributed by atoms with Gasteiger partial charge in [-0.1, -0.05) is 24.4 Å². The zero-order chi connectivity index (χ0) is 10.0. The van der Waals surface area contributed by atoms with Crippen LogP contribution in [0.5, 0.6) is 0 Å². The quantitative estimate of drug-likeness (QED) is 0.736. The topological polar surface area (TPSA) is 41.8 Å². The molecule has 0 saturated heterocycles. The van der Waals surface area contributed by atoms with Crippen molar-refractivity contribution < 1.29 is 9.94 Å². The molecule has 1 fully saturated rings. The minimum Gasteiger partial charge on any atom is -0.392 e. The molecule has 0 aromatic rings. The van der Waals surface area contributed by atoms with E-state index in [0.29, 0.717) is 5.92 Å².